The highest BCUT2D eigenvalue weighted by atomic mass is 35.7. The average Bonchev–Trinajstić information content (AvgIpc) is 2.29. The second kappa shape index (κ2) is 8.00. The topological polar surface area (TPSA) is 142 Å². The van der Waals surface area contributed by atoms with Gasteiger partial charge in [0, 0.05) is 0 Å². The van der Waals surface area contributed by atoms with E-state index in [1.165, 1.54) is 19.2 Å². The van der Waals surface area contributed by atoms with Crippen molar-refractivity contribution in [2.75, 3.05) is 7.11 Å². The van der Waals surface area contributed by atoms with Crippen molar-refractivity contribution in [2.45, 2.75) is 12.5 Å². The standard InChI is InChI=1S/C10H12FNO2.ClHO4/c1-14-10(13)9(12)6-7-2-4-8(11)5-3-7;2-1(3,4)5/h2-5,9H,6,12H2,1H3;(H,2,3,4,5)/t9-;/m0./s1. The van der Waals surface area contributed by atoms with Gasteiger partial charge >= 0.3 is 5.97 Å². The molecule has 108 valence electrons. The van der Waals surface area contributed by atoms with Crippen LogP contribution in [0.2, 0.25) is 0 Å². The van der Waals surface area contributed by atoms with Crippen molar-refractivity contribution in [3.05, 3.63) is 35.6 Å². The second-order valence-electron chi connectivity index (χ2n) is 3.36. The zero-order valence-corrected chi connectivity index (χ0v) is 10.7. The van der Waals surface area contributed by atoms with Gasteiger partial charge in [0.15, 0.2) is 0 Å². The normalized spacial score (nSPS) is 12.2. The van der Waals surface area contributed by atoms with Crippen LogP contribution in [0.3, 0.4) is 0 Å². The van der Waals surface area contributed by atoms with Gasteiger partial charge in [-0.05, 0) is 24.1 Å². The number of methoxy groups -OCH3 is 1. The summed E-state index contributed by atoms with van der Waals surface area (Å²) in [7, 11) is -3.41. The lowest BCUT2D eigenvalue weighted by Gasteiger charge is -2.08. The van der Waals surface area contributed by atoms with Crippen LogP contribution in [0.5, 0.6) is 0 Å². The first-order valence-electron chi connectivity index (χ1n) is 4.84. The zero-order valence-electron chi connectivity index (χ0n) is 9.92. The van der Waals surface area contributed by atoms with E-state index in [9.17, 15) is 9.18 Å². The van der Waals surface area contributed by atoms with Crippen LogP contribution < -0.4 is 19.7 Å². The van der Waals surface area contributed by atoms with E-state index in [4.69, 9.17) is 24.4 Å². The number of nitrogens with two attached hydrogens (primary N) is 1. The van der Waals surface area contributed by atoms with Crippen molar-refractivity contribution in [1.82, 2.24) is 0 Å². The van der Waals surface area contributed by atoms with Gasteiger partial charge in [0.1, 0.15) is 11.9 Å². The van der Waals surface area contributed by atoms with Crippen LogP contribution in [0.25, 0.3) is 0 Å². The molecule has 0 saturated carbocycles. The number of carbonyl (C=O) groups excluding carboxylic acids is 1. The molecule has 0 fully saturated rings. The Labute approximate surface area is 110 Å². The molecule has 0 amide bonds. The molecule has 3 N–H and O–H groups in total. The van der Waals surface area contributed by atoms with Crippen molar-refractivity contribution >= 4 is 5.97 Å². The predicted octanol–water partition coefficient (Wildman–Crippen LogP) is -3.26. The summed E-state index contributed by atoms with van der Waals surface area (Å²) in [5.41, 5.74) is 6.34. The molecule has 0 aromatic heterocycles. The third-order valence-electron chi connectivity index (χ3n) is 1.87. The number of hydrogen-bond donors (Lipinski definition) is 2. The van der Waals surface area contributed by atoms with Crippen molar-refractivity contribution in [3.8, 4) is 0 Å². The Hall–Kier alpha value is -1.29. The molecular formula is C10H13ClFNO6. The smallest absolute Gasteiger partial charge is 0.322 e. The molecule has 0 bridgehead atoms. The Bertz CT molecular complexity index is 388. The predicted molar refractivity (Wildman–Crippen MR) is 52.3 cm³/mol. The fourth-order valence-corrected chi connectivity index (χ4v) is 1.11. The summed E-state index contributed by atoms with van der Waals surface area (Å²) in [5, 5.41) is 0. The molecule has 1 rings (SSSR count). The number of benzene rings is 1. The molecule has 0 aliphatic heterocycles. The number of ether oxygens (including phenoxy) is 1. The Morgan fingerprint density at radius 1 is 1.42 bits per heavy atom. The van der Waals surface area contributed by atoms with Crippen LogP contribution in [0.15, 0.2) is 24.3 Å². The lowest BCUT2D eigenvalue weighted by atomic mass is 10.1. The Morgan fingerprint density at radius 3 is 2.21 bits per heavy atom. The second-order valence-corrected chi connectivity index (χ2v) is 4.15. The Balaban J connectivity index is 0.000000555. The summed E-state index contributed by atoms with van der Waals surface area (Å²) in [6, 6.07) is 5.17. The van der Waals surface area contributed by atoms with Crippen LogP contribution >= 0.6 is 0 Å². The lowest BCUT2D eigenvalue weighted by Crippen LogP contribution is -2.58. The van der Waals surface area contributed by atoms with Crippen molar-refractivity contribution in [1.29, 1.82) is 0 Å². The van der Waals surface area contributed by atoms with Crippen molar-refractivity contribution in [2.24, 2.45) is 5.73 Å². The fraction of sp³-hybridized carbons (Fsp3) is 0.300. The molecule has 0 aliphatic rings. The van der Waals surface area contributed by atoms with E-state index in [0.717, 1.165) is 5.56 Å². The first kappa shape index (κ1) is 17.7. The summed E-state index contributed by atoms with van der Waals surface area (Å²) in [4.78, 5) is 11.0. The van der Waals surface area contributed by atoms with Crippen LogP contribution in [-0.2, 0) is 16.0 Å². The van der Waals surface area contributed by atoms with Crippen LogP contribution in [-0.4, -0.2) is 23.8 Å². The minimum absolute atomic E-state index is 0.305. The van der Waals surface area contributed by atoms with Gasteiger partial charge in [-0.3, -0.25) is 4.79 Å². The summed E-state index contributed by atoms with van der Waals surface area (Å²) >= 11 is 0. The van der Waals surface area contributed by atoms with Crippen LogP contribution in [0.1, 0.15) is 5.56 Å². The highest BCUT2D eigenvalue weighted by Gasteiger charge is 2.13. The first-order valence-corrected chi connectivity index (χ1v) is 6.11. The van der Waals surface area contributed by atoms with Gasteiger partial charge in [0.2, 0.25) is 0 Å². The highest BCUT2D eigenvalue weighted by molar-refractivity contribution is 5.75. The quantitative estimate of drug-likeness (QED) is 0.558. The average molecular weight is 298 g/mol. The van der Waals surface area contributed by atoms with Crippen LogP contribution in [0.4, 0.5) is 4.39 Å². The lowest BCUT2D eigenvalue weighted by molar-refractivity contribution is -1.92. The minimum atomic E-state index is -4.69. The van der Waals surface area contributed by atoms with Crippen molar-refractivity contribution in [3.63, 3.8) is 0 Å². The van der Waals surface area contributed by atoms with Gasteiger partial charge in [-0.1, -0.05) is 12.1 Å². The summed E-state index contributed by atoms with van der Waals surface area (Å²) in [6.45, 7) is 0. The molecule has 9 heteroatoms. The van der Waals surface area contributed by atoms with Crippen LogP contribution in [0, 0.1) is 16.1 Å². The SMILES string of the molecule is COC(=O)[C@@H](N)Cc1ccc(F)cc1.[O-][Cl+3]([O-])([O-])O. The van der Waals surface area contributed by atoms with Gasteiger partial charge in [-0.25, -0.2) is 4.39 Å². The maximum atomic E-state index is 12.5. The number of hydrogen-bond acceptors (Lipinski definition) is 7. The summed E-state index contributed by atoms with van der Waals surface area (Å²) in [6.07, 6.45) is 0.354. The largest absolute Gasteiger partial charge is 0.468 e. The molecular weight excluding hydrogens is 285 g/mol. The number of esters is 1. The molecule has 0 heterocycles. The molecule has 19 heavy (non-hydrogen) atoms. The van der Waals surface area contributed by atoms with E-state index in [1.54, 1.807) is 12.1 Å². The number of rotatable bonds is 3. The number of halogens is 2. The van der Waals surface area contributed by atoms with Gasteiger partial charge in [0.25, 0.3) is 0 Å². The highest BCUT2D eigenvalue weighted by Crippen LogP contribution is 2.05. The first-order chi connectivity index (χ1) is 8.63. The maximum Gasteiger partial charge on any atom is 0.322 e. The number of carbonyl (C=O) groups is 1. The molecule has 0 radical (unpaired) electrons. The van der Waals surface area contributed by atoms with Gasteiger partial charge in [0.05, 0.1) is 22.0 Å². The van der Waals surface area contributed by atoms with E-state index < -0.39 is 22.3 Å². The monoisotopic (exact) mass is 297 g/mol. The zero-order chi connectivity index (χ0) is 15.1. The molecule has 1 aromatic rings. The third-order valence-corrected chi connectivity index (χ3v) is 1.87. The molecule has 0 saturated heterocycles. The van der Waals surface area contributed by atoms with Crippen molar-refractivity contribution < 1.29 is 42.8 Å². The summed E-state index contributed by atoms with van der Waals surface area (Å²) in [5.74, 6) is -0.769. The third kappa shape index (κ3) is 10.3. The molecule has 0 unspecified atom stereocenters. The van der Waals surface area contributed by atoms with Gasteiger partial charge < -0.3 is 10.5 Å². The molecule has 1 atom stereocenters. The molecule has 7 nitrogen and oxygen atoms in total. The van der Waals surface area contributed by atoms with E-state index in [-0.39, 0.29) is 5.82 Å². The maximum absolute atomic E-state index is 12.5. The molecule has 0 aliphatic carbocycles. The minimum Gasteiger partial charge on any atom is -0.468 e. The fourth-order valence-electron chi connectivity index (χ4n) is 1.11. The Kier molecular flexibility index (Phi) is 7.45. The molecule has 1 aromatic carbocycles. The van der Waals surface area contributed by atoms with E-state index in [0.29, 0.717) is 6.42 Å². The van der Waals surface area contributed by atoms with Gasteiger partial charge in [-0.2, -0.15) is 14.0 Å². The van der Waals surface area contributed by atoms with E-state index >= 15 is 0 Å². The van der Waals surface area contributed by atoms with E-state index in [1.807, 2.05) is 0 Å². The summed E-state index contributed by atoms with van der Waals surface area (Å²) < 4.78 is 49.7. The van der Waals surface area contributed by atoms with Gasteiger partial charge in [-0.15, -0.1) is 0 Å². The Morgan fingerprint density at radius 2 is 1.84 bits per heavy atom. The van der Waals surface area contributed by atoms with E-state index in [2.05, 4.69) is 4.74 Å². The molecule has 0 spiro atoms.